The molecule has 23 heavy (non-hydrogen) atoms. The maximum atomic E-state index is 11.3. The van der Waals surface area contributed by atoms with E-state index in [1.54, 1.807) is 18.9 Å². The van der Waals surface area contributed by atoms with Crippen molar-refractivity contribution in [3.05, 3.63) is 35.7 Å². The van der Waals surface area contributed by atoms with Crippen molar-refractivity contribution < 1.29 is 9.32 Å². The molecule has 5 heteroatoms. The van der Waals surface area contributed by atoms with Gasteiger partial charge in [0.1, 0.15) is 5.69 Å². The quantitative estimate of drug-likeness (QED) is 0.802. The molecule has 3 rings (SSSR count). The highest BCUT2D eigenvalue weighted by Gasteiger charge is 2.23. The third kappa shape index (κ3) is 3.91. The summed E-state index contributed by atoms with van der Waals surface area (Å²) in [6.45, 7) is 4.04. The Morgan fingerprint density at radius 3 is 3.09 bits per heavy atom. The maximum Gasteiger partial charge on any atom is 0.219 e. The van der Waals surface area contributed by atoms with Crippen LogP contribution in [0.3, 0.4) is 0 Å². The van der Waals surface area contributed by atoms with E-state index < -0.39 is 0 Å². The zero-order valence-electron chi connectivity index (χ0n) is 14.0. The highest BCUT2D eigenvalue weighted by Crippen LogP contribution is 2.25. The molecule has 1 aliphatic carbocycles. The van der Waals surface area contributed by atoms with Crippen LogP contribution in [0.25, 0.3) is 5.57 Å². The summed E-state index contributed by atoms with van der Waals surface area (Å²) in [6, 6.07) is 2.52. The maximum absolute atomic E-state index is 11.3. The molecule has 2 aliphatic rings. The molecule has 0 bridgehead atoms. The van der Waals surface area contributed by atoms with E-state index >= 15 is 0 Å². The van der Waals surface area contributed by atoms with Gasteiger partial charge in [0.25, 0.3) is 0 Å². The normalized spacial score (nSPS) is 22.0. The van der Waals surface area contributed by atoms with Gasteiger partial charge in [-0.05, 0) is 31.3 Å². The van der Waals surface area contributed by atoms with Crippen LogP contribution in [0.2, 0.25) is 0 Å². The van der Waals surface area contributed by atoms with Crippen molar-refractivity contribution in [1.29, 1.82) is 0 Å². The Hall–Kier alpha value is -1.88. The van der Waals surface area contributed by atoms with Crippen molar-refractivity contribution >= 4 is 11.5 Å². The van der Waals surface area contributed by atoms with Gasteiger partial charge >= 0.3 is 0 Å². The summed E-state index contributed by atoms with van der Waals surface area (Å²) in [4.78, 5) is 15.5. The van der Waals surface area contributed by atoms with E-state index in [2.05, 4.69) is 28.3 Å². The number of nitrogens with zero attached hydrogens (tertiary/aromatic N) is 3. The molecule has 1 aromatic rings. The zero-order valence-corrected chi connectivity index (χ0v) is 14.0. The molecule has 0 radical (unpaired) electrons. The molecule has 0 fully saturated rings. The van der Waals surface area contributed by atoms with Gasteiger partial charge in [-0.25, -0.2) is 0 Å². The standard InChI is InChI=1S/C18H25N3O2/c1-14(22)20(2)13-17-11-18(19-23-17)15-7-6-10-21(12-15)16-8-4-3-5-9-16/h4,7-8,11,16H,3,5-6,9-10,12-13H2,1-2H3/t16-/m1/s1. The molecule has 0 unspecified atom stereocenters. The van der Waals surface area contributed by atoms with Crippen molar-refractivity contribution in [1.82, 2.24) is 15.0 Å². The Kier molecular flexibility index (Phi) is 4.96. The van der Waals surface area contributed by atoms with Crippen LogP contribution >= 0.6 is 0 Å². The van der Waals surface area contributed by atoms with Crippen molar-refractivity contribution in [3.8, 4) is 0 Å². The Morgan fingerprint density at radius 2 is 2.35 bits per heavy atom. The lowest BCUT2D eigenvalue weighted by Crippen LogP contribution is -2.38. The largest absolute Gasteiger partial charge is 0.359 e. The minimum Gasteiger partial charge on any atom is -0.359 e. The van der Waals surface area contributed by atoms with Crippen LogP contribution in [0.5, 0.6) is 0 Å². The van der Waals surface area contributed by atoms with Crippen LogP contribution in [0.4, 0.5) is 0 Å². The van der Waals surface area contributed by atoms with Crippen LogP contribution in [-0.2, 0) is 11.3 Å². The third-order valence-corrected chi connectivity index (χ3v) is 4.70. The van der Waals surface area contributed by atoms with Gasteiger partial charge < -0.3 is 9.42 Å². The third-order valence-electron chi connectivity index (χ3n) is 4.70. The van der Waals surface area contributed by atoms with Gasteiger partial charge in [0.15, 0.2) is 5.76 Å². The predicted octanol–water partition coefficient (Wildman–Crippen LogP) is 2.85. The van der Waals surface area contributed by atoms with Crippen LogP contribution in [-0.4, -0.2) is 47.0 Å². The van der Waals surface area contributed by atoms with Crippen molar-refractivity contribution in [2.75, 3.05) is 20.1 Å². The molecule has 1 atom stereocenters. The Balaban J connectivity index is 1.66. The lowest BCUT2D eigenvalue weighted by atomic mass is 9.98. The first-order chi connectivity index (χ1) is 11.1. The number of allylic oxidation sites excluding steroid dienone is 1. The first kappa shape index (κ1) is 16.0. The van der Waals surface area contributed by atoms with Gasteiger partial charge in [0.05, 0.1) is 6.54 Å². The highest BCUT2D eigenvalue weighted by atomic mass is 16.5. The second-order valence-electron chi connectivity index (χ2n) is 6.47. The topological polar surface area (TPSA) is 49.6 Å². The van der Waals surface area contributed by atoms with Gasteiger partial charge in [0, 0.05) is 39.2 Å². The van der Waals surface area contributed by atoms with Crippen molar-refractivity contribution in [2.45, 2.75) is 45.2 Å². The van der Waals surface area contributed by atoms with Crippen LogP contribution in [0.15, 0.2) is 28.8 Å². The van der Waals surface area contributed by atoms with Gasteiger partial charge in [0.2, 0.25) is 5.91 Å². The van der Waals surface area contributed by atoms with Crippen LogP contribution < -0.4 is 0 Å². The first-order valence-corrected chi connectivity index (χ1v) is 8.41. The Morgan fingerprint density at radius 1 is 1.48 bits per heavy atom. The summed E-state index contributed by atoms with van der Waals surface area (Å²) in [5.41, 5.74) is 2.14. The number of carbonyl (C=O) groups excluding carboxylic acids is 1. The number of amides is 1. The second-order valence-corrected chi connectivity index (χ2v) is 6.47. The Labute approximate surface area is 137 Å². The number of carbonyl (C=O) groups is 1. The molecular formula is C18H25N3O2. The number of hydrogen-bond acceptors (Lipinski definition) is 4. The predicted molar refractivity (Wildman–Crippen MR) is 89.6 cm³/mol. The van der Waals surface area contributed by atoms with Crippen molar-refractivity contribution in [2.24, 2.45) is 0 Å². The number of rotatable bonds is 4. The summed E-state index contributed by atoms with van der Waals surface area (Å²) in [5.74, 6) is 0.753. The van der Waals surface area contributed by atoms with E-state index in [0.717, 1.165) is 31.0 Å². The molecule has 0 saturated carbocycles. The van der Waals surface area contributed by atoms with E-state index in [9.17, 15) is 4.79 Å². The van der Waals surface area contributed by atoms with E-state index in [-0.39, 0.29) is 5.91 Å². The Bertz CT molecular complexity index is 618. The minimum absolute atomic E-state index is 0.0232. The molecule has 1 amide bonds. The van der Waals surface area contributed by atoms with E-state index in [1.165, 1.54) is 24.8 Å². The second kappa shape index (κ2) is 7.13. The molecule has 0 saturated heterocycles. The van der Waals surface area contributed by atoms with E-state index in [0.29, 0.717) is 12.6 Å². The average Bonchev–Trinajstić information content (AvgIpc) is 3.04. The molecular weight excluding hydrogens is 290 g/mol. The van der Waals surface area contributed by atoms with Gasteiger partial charge in [-0.2, -0.15) is 0 Å². The molecule has 5 nitrogen and oxygen atoms in total. The zero-order chi connectivity index (χ0) is 16.2. The number of hydrogen-bond donors (Lipinski definition) is 0. The summed E-state index contributed by atoms with van der Waals surface area (Å²) in [7, 11) is 1.77. The SMILES string of the molecule is CC(=O)N(C)Cc1cc(C2=CCCN([C@@H]3C=CCCC3)C2)no1. The highest BCUT2D eigenvalue weighted by molar-refractivity contribution is 5.72. The number of aromatic nitrogens is 1. The first-order valence-electron chi connectivity index (χ1n) is 8.41. The fourth-order valence-corrected chi connectivity index (χ4v) is 3.22. The lowest BCUT2D eigenvalue weighted by Gasteiger charge is -2.34. The fraction of sp³-hybridized carbons (Fsp3) is 0.556. The lowest BCUT2D eigenvalue weighted by molar-refractivity contribution is -0.128. The van der Waals surface area contributed by atoms with Crippen LogP contribution in [0.1, 0.15) is 44.1 Å². The fourth-order valence-electron chi connectivity index (χ4n) is 3.22. The average molecular weight is 315 g/mol. The summed E-state index contributed by atoms with van der Waals surface area (Å²) in [6.07, 6.45) is 11.7. The minimum atomic E-state index is 0.0232. The molecule has 0 aromatic carbocycles. The van der Waals surface area contributed by atoms with Gasteiger partial charge in [-0.3, -0.25) is 9.69 Å². The molecule has 0 N–H and O–H groups in total. The summed E-state index contributed by atoms with van der Waals surface area (Å²) < 4.78 is 5.40. The van der Waals surface area contributed by atoms with Crippen LogP contribution in [0, 0.1) is 0 Å². The summed E-state index contributed by atoms with van der Waals surface area (Å²) >= 11 is 0. The van der Waals surface area contributed by atoms with Gasteiger partial charge in [-0.1, -0.05) is 23.4 Å². The molecule has 0 spiro atoms. The van der Waals surface area contributed by atoms with E-state index in [4.69, 9.17) is 4.52 Å². The van der Waals surface area contributed by atoms with Crippen molar-refractivity contribution in [3.63, 3.8) is 0 Å². The molecule has 1 aliphatic heterocycles. The van der Waals surface area contributed by atoms with E-state index in [1.807, 2.05) is 6.07 Å². The molecule has 124 valence electrons. The smallest absolute Gasteiger partial charge is 0.219 e. The molecule has 2 heterocycles. The summed E-state index contributed by atoms with van der Waals surface area (Å²) in [5, 5.41) is 4.21. The van der Waals surface area contributed by atoms with Gasteiger partial charge in [-0.15, -0.1) is 0 Å². The monoisotopic (exact) mass is 315 g/mol. The molecule has 1 aromatic heterocycles.